The number of aliphatic hydroxyl groups excluding tert-OH is 1. The topological polar surface area (TPSA) is 63.3 Å². The van der Waals surface area contributed by atoms with Crippen molar-refractivity contribution in [1.82, 2.24) is 0 Å². The van der Waals surface area contributed by atoms with Crippen LogP contribution in [0.3, 0.4) is 0 Å². The molecule has 0 aliphatic heterocycles. The second-order valence-electron chi connectivity index (χ2n) is 3.02. The van der Waals surface area contributed by atoms with Crippen LogP contribution in [-0.2, 0) is 0 Å². The molecule has 1 aromatic rings. The zero-order valence-electron chi connectivity index (χ0n) is 7.53. The normalized spacial score (nSPS) is 12.5. The average molecular weight is 196 g/mol. The number of carbonyl (C=O) groups excluding carboxylic acids is 1. The van der Waals surface area contributed by atoms with Gasteiger partial charge in [-0.05, 0) is 30.7 Å². The van der Waals surface area contributed by atoms with Crippen LogP contribution in [0.25, 0.3) is 0 Å². The van der Waals surface area contributed by atoms with E-state index in [0.29, 0.717) is 5.56 Å². The van der Waals surface area contributed by atoms with E-state index in [-0.39, 0.29) is 12.2 Å². The average Bonchev–Trinajstić information content (AvgIpc) is 2.15. The summed E-state index contributed by atoms with van der Waals surface area (Å²) in [5.74, 6) is -1.71. The van der Waals surface area contributed by atoms with Crippen molar-refractivity contribution in [1.29, 1.82) is 0 Å². The minimum absolute atomic E-state index is 0.0853. The maximum Gasteiger partial charge on any atom is 0.248 e. The number of rotatable bonds is 3. The summed E-state index contributed by atoms with van der Waals surface area (Å²) in [5.41, 5.74) is 5.55. The molecule has 14 heavy (non-hydrogen) atoms. The van der Waals surface area contributed by atoms with Gasteiger partial charge in [0, 0.05) is 18.1 Å². The van der Waals surface area contributed by atoms with Crippen molar-refractivity contribution >= 4 is 5.91 Å². The Morgan fingerprint density at radius 1 is 1.57 bits per heavy atom. The molecule has 0 fully saturated rings. The second kappa shape index (κ2) is 4.19. The molecule has 3 nitrogen and oxygen atoms in total. The van der Waals surface area contributed by atoms with Gasteiger partial charge in [-0.1, -0.05) is 0 Å². The van der Waals surface area contributed by atoms with Crippen LogP contribution < -0.4 is 5.73 Å². The van der Waals surface area contributed by atoms with Crippen LogP contribution in [0.5, 0.6) is 0 Å². The molecule has 0 bridgehead atoms. The van der Waals surface area contributed by atoms with Crippen molar-refractivity contribution in [2.45, 2.75) is 5.92 Å². The summed E-state index contributed by atoms with van der Waals surface area (Å²) < 4.78 is 13.0. The lowest BCUT2D eigenvalue weighted by atomic mass is 9.99. The number of carbonyl (C=O) groups is 1. The summed E-state index contributed by atoms with van der Waals surface area (Å²) in [6.07, 6.45) is 0. The maximum atomic E-state index is 13.0. The molecule has 1 radical (unpaired) electrons. The van der Waals surface area contributed by atoms with Crippen molar-refractivity contribution in [3.63, 3.8) is 0 Å². The van der Waals surface area contributed by atoms with Crippen LogP contribution >= 0.6 is 0 Å². The van der Waals surface area contributed by atoms with Gasteiger partial charge in [0.05, 0.1) is 0 Å². The van der Waals surface area contributed by atoms with E-state index < -0.39 is 17.6 Å². The van der Waals surface area contributed by atoms with Gasteiger partial charge in [-0.25, -0.2) is 4.39 Å². The molecule has 4 heteroatoms. The molecule has 1 unspecified atom stereocenters. The third-order valence-electron chi connectivity index (χ3n) is 1.90. The summed E-state index contributed by atoms with van der Waals surface area (Å²) in [5, 5.41) is 8.81. The fraction of sp³-hybridized carbons (Fsp3) is 0.200. The molecule has 0 aliphatic carbocycles. The first-order chi connectivity index (χ1) is 6.54. The Kier molecular flexibility index (Phi) is 3.19. The number of primary amides is 1. The molecule has 3 N–H and O–H groups in total. The molecule has 1 amide bonds. The lowest BCUT2D eigenvalue weighted by Crippen LogP contribution is -2.12. The van der Waals surface area contributed by atoms with Crippen LogP contribution in [0.4, 0.5) is 4.39 Å². The van der Waals surface area contributed by atoms with E-state index in [1.807, 2.05) is 0 Å². The standard InChI is InChI=1S/C10H11FNO2/c1-6(5-13)7-2-8(10(12)14)4-9(11)3-7/h2-4,6,13H,1,5H2,(H2,12,14). The van der Waals surface area contributed by atoms with Crippen LogP contribution in [-0.4, -0.2) is 17.6 Å². The molecule has 75 valence electrons. The third-order valence-corrected chi connectivity index (χ3v) is 1.90. The van der Waals surface area contributed by atoms with Crippen LogP contribution in [0, 0.1) is 12.7 Å². The van der Waals surface area contributed by atoms with E-state index in [2.05, 4.69) is 6.92 Å². The van der Waals surface area contributed by atoms with Crippen LogP contribution in [0.2, 0.25) is 0 Å². The Balaban J connectivity index is 3.13. The maximum absolute atomic E-state index is 13.0. The summed E-state index contributed by atoms with van der Waals surface area (Å²) >= 11 is 0. The predicted octanol–water partition coefficient (Wildman–Crippen LogP) is 0.835. The molecule has 0 spiro atoms. The van der Waals surface area contributed by atoms with Gasteiger partial charge in [0.2, 0.25) is 5.91 Å². The molecule has 1 aromatic carbocycles. The van der Waals surface area contributed by atoms with Gasteiger partial charge in [0.25, 0.3) is 0 Å². The molecule has 1 atom stereocenters. The summed E-state index contributed by atoms with van der Waals surface area (Å²) in [7, 11) is 0. The zero-order chi connectivity index (χ0) is 10.7. The monoisotopic (exact) mass is 196 g/mol. The molecule has 0 aromatic heterocycles. The van der Waals surface area contributed by atoms with E-state index in [1.165, 1.54) is 12.1 Å². The van der Waals surface area contributed by atoms with Gasteiger partial charge in [0.15, 0.2) is 0 Å². The van der Waals surface area contributed by atoms with Gasteiger partial charge in [-0.15, -0.1) is 0 Å². The molecular weight excluding hydrogens is 185 g/mol. The number of halogens is 1. The minimum Gasteiger partial charge on any atom is -0.396 e. The predicted molar refractivity (Wildman–Crippen MR) is 50.1 cm³/mol. The second-order valence-corrected chi connectivity index (χ2v) is 3.02. The Labute approximate surface area is 81.4 Å². The molecule has 0 heterocycles. The van der Waals surface area contributed by atoms with Gasteiger partial charge in [0.1, 0.15) is 5.82 Å². The van der Waals surface area contributed by atoms with Crippen LogP contribution in [0.15, 0.2) is 18.2 Å². The third kappa shape index (κ3) is 2.29. The van der Waals surface area contributed by atoms with Crippen molar-refractivity contribution in [2.24, 2.45) is 5.73 Å². The highest BCUT2D eigenvalue weighted by molar-refractivity contribution is 5.92. The number of hydrogen-bond donors (Lipinski definition) is 2. The summed E-state index contributed by atoms with van der Waals surface area (Å²) in [6, 6.07) is 3.70. The Morgan fingerprint density at radius 3 is 2.71 bits per heavy atom. The van der Waals surface area contributed by atoms with Gasteiger partial charge >= 0.3 is 0 Å². The Hall–Kier alpha value is -1.42. The SMILES string of the molecule is [CH2]C(CO)c1cc(F)cc(C(N)=O)c1. The summed E-state index contributed by atoms with van der Waals surface area (Å²) in [4.78, 5) is 10.8. The first-order valence-electron chi connectivity index (χ1n) is 4.09. The Morgan fingerprint density at radius 2 is 2.21 bits per heavy atom. The summed E-state index contributed by atoms with van der Waals surface area (Å²) in [6.45, 7) is 3.39. The van der Waals surface area contributed by atoms with Gasteiger partial charge in [-0.3, -0.25) is 4.79 Å². The fourth-order valence-corrected chi connectivity index (χ4v) is 1.10. The molecule has 0 saturated carbocycles. The van der Waals surface area contributed by atoms with Gasteiger partial charge in [-0.2, -0.15) is 0 Å². The first-order valence-corrected chi connectivity index (χ1v) is 4.09. The number of benzene rings is 1. The van der Waals surface area contributed by atoms with E-state index in [1.54, 1.807) is 0 Å². The first kappa shape index (κ1) is 10.7. The largest absolute Gasteiger partial charge is 0.396 e. The smallest absolute Gasteiger partial charge is 0.248 e. The minimum atomic E-state index is -0.698. The Bertz CT molecular complexity index is 352. The zero-order valence-corrected chi connectivity index (χ0v) is 7.53. The van der Waals surface area contributed by atoms with E-state index >= 15 is 0 Å². The number of nitrogens with two attached hydrogens (primary N) is 1. The van der Waals surface area contributed by atoms with Crippen LogP contribution in [0.1, 0.15) is 21.8 Å². The number of hydrogen-bond acceptors (Lipinski definition) is 2. The lowest BCUT2D eigenvalue weighted by Gasteiger charge is -2.09. The molecule has 1 rings (SSSR count). The fourth-order valence-electron chi connectivity index (χ4n) is 1.10. The molecule has 0 aliphatic rings. The van der Waals surface area contributed by atoms with E-state index in [4.69, 9.17) is 10.8 Å². The quantitative estimate of drug-likeness (QED) is 0.752. The van der Waals surface area contributed by atoms with Crippen molar-refractivity contribution in [2.75, 3.05) is 6.61 Å². The highest BCUT2D eigenvalue weighted by atomic mass is 19.1. The van der Waals surface area contributed by atoms with Crippen molar-refractivity contribution < 1.29 is 14.3 Å². The molecular formula is C10H11FNO2. The molecule has 0 saturated heterocycles. The van der Waals surface area contributed by atoms with Crippen molar-refractivity contribution in [3.8, 4) is 0 Å². The number of amides is 1. The number of aliphatic hydroxyl groups is 1. The van der Waals surface area contributed by atoms with E-state index in [0.717, 1.165) is 6.07 Å². The van der Waals surface area contributed by atoms with Crippen molar-refractivity contribution in [3.05, 3.63) is 42.1 Å². The van der Waals surface area contributed by atoms with E-state index in [9.17, 15) is 9.18 Å². The lowest BCUT2D eigenvalue weighted by molar-refractivity contribution is 0.0999. The highest BCUT2D eigenvalue weighted by Crippen LogP contribution is 2.17. The van der Waals surface area contributed by atoms with Gasteiger partial charge < -0.3 is 10.8 Å². The highest BCUT2D eigenvalue weighted by Gasteiger charge is 2.09.